The van der Waals surface area contributed by atoms with Gasteiger partial charge in [-0.1, -0.05) is 26.0 Å². The van der Waals surface area contributed by atoms with Gasteiger partial charge in [0.25, 0.3) is 5.91 Å². The number of carbonyl (C=O) groups is 1. The third kappa shape index (κ3) is 5.03. The third-order valence-corrected chi connectivity index (χ3v) is 3.20. The van der Waals surface area contributed by atoms with Crippen LogP contribution in [0.5, 0.6) is 0 Å². The van der Waals surface area contributed by atoms with Gasteiger partial charge in [0.2, 0.25) is 0 Å². The van der Waals surface area contributed by atoms with Crippen molar-refractivity contribution < 1.29 is 9.90 Å². The first-order valence-corrected chi connectivity index (χ1v) is 7.65. The minimum atomic E-state index is -0.201. The monoisotopic (exact) mass is 314 g/mol. The van der Waals surface area contributed by atoms with Crippen LogP contribution in [-0.4, -0.2) is 40.7 Å². The highest BCUT2D eigenvalue weighted by Crippen LogP contribution is 2.19. The van der Waals surface area contributed by atoms with Gasteiger partial charge in [0.05, 0.1) is 12.3 Å². The number of aliphatic hydroxyl groups excluding tert-OH is 1. The molecular weight excluding hydrogens is 292 g/mol. The van der Waals surface area contributed by atoms with Crippen molar-refractivity contribution in [3.8, 4) is 11.3 Å². The van der Waals surface area contributed by atoms with Gasteiger partial charge in [-0.05, 0) is 18.1 Å². The molecular formula is C17H22N4O2. The average Bonchev–Trinajstić information content (AvgIpc) is 2.58. The lowest BCUT2D eigenvalue weighted by Gasteiger charge is -2.09. The number of aliphatic hydroxyl groups is 1. The summed E-state index contributed by atoms with van der Waals surface area (Å²) in [5.41, 5.74) is 2.27. The largest absolute Gasteiger partial charge is 0.395 e. The normalized spacial score (nSPS) is 10.6. The molecule has 0 saturated carbocycles. The van der Waals surface area contributed by atoms with Gasteiger partial charge in [0.1, 0.15) is 12.1 Å². The highest BCUT2D eigenvalue weighted by atomic mass is 16.3. The molecule has 0 atom stereocenters. The Morgan fingerprint density at radius 1 is 1.22 bits per heavy atom. The predicted molar refractivity (Wildman–Crippen MR) is 90.2 cm³/mol. The number of benzene rings is 1. The maximum absolute atomic E-state index is 11.8. The SMILES string of the molecule is CC(C)CNc1cc(-c2ccc(C(=O)NCCO)cc2)ncn1. The van der Waals surface area contributed by atoms with Gasteiger partial charge in [-0.3, -0.25) is 4.79 Å². The van der Waals surface area contributed by atoms with Gasteiger partial charge in [0, 0.05) is 30.3 Å². The van der Waals surface area contributed by atoms with Gasteiger partial charge in [0.15, 0.2) is 0 Å². The van der Waals surface area contributed by atoms with Crippen molar-refractivity contribution in [2.75, 3.05) is 25.0 Å². The van der Waals surface area contributed by atoms with Gasteiger partial charge in [-0.2, -0.15) is 0 Å². The molecule has 3 N–H and O–H groups in total. The zero-order valence-corrected chi connectivity index (χ0v) is 13.4. The molecule has 0 aliphatic heterocycles. The van der Waals surface area contributed by atoms with Crippen LogP contribution in [0.2, 0.25) is 0 Å². The van der Waals surface area contributed by atoms with Crippen LogP contribution in [0.15, 0.2) is 36.7 Å². The summed E-state index contributed by atoms with van der Waals surface area (Å²) >= 11 is 0. The van der Waals surface area contributed by atoms with E-state index in [0.717, 1.165) is 23.6 Å². The molecule has 23 heavy (non-hydrogen) atoms. The molecule has 1 aromatic heterocycles. The molecule has 0 aliphatic rings. The van der Waals surface area contributed by atoms with Gasteiger partial charge in [-0.25, -0.2) is 9.97 Å². The van der Waals surface area contributed by atoms with E-state index in [4.69, 9.17) is 5.11 Å². The van der Waals surface area contributed by atoms with Crippen LogP contribution in [0.25, 0.3) is 11.3 Å². The summed E-state index contributed by atoms with van der Waals surface area (Å²) in [6.07, 6.45) is 1.53. The molecule has 2 aromatic rings. The lowest BCUT2D eigenvalue weighted by Crippen LogP contribution is -2.26. The summed E-state index contributed by atoms with van der Waals surface area (Å²) < 4.78 is 0. The fourth-order valence-electron chi connectivity index (χ4n) is 1.98. The average molecular weight is 314 g/mol. The van der Waals surface area contributed by atoms with Gasteiger partial charge < -0.3 is 15.7 Å². The first-order chi connectivity index (χ1) is 11.1. The number of anilines is 1. The van der Waals surface area contributed by atoms with Crippen molar-refractivity contribution in [1.82, 2.24) is 15.3 Å². The molecule has 0 bridgehead atoms. The number of hydrogen-bond acceptors (Lipinski definition) is 5. The quantitative estimate of drug-likeness (QED) is 0.727. The molecule has 0 spiro atoms. The van der Waals surface area contributed by atoms with Crippen LogP contribution >= 0.6 is 0 Å². The minimum absolute atomic E-state index is 0.0725. The summed E-state index contributed by atoms with van der Waals surface area (Å²) in [5.74, 6) is 1.12. The van der Waals surface area contributed by atoms with Crippen molar-refractivity contribution in [3.05, 3.63) is 42.2 Å². The Hall–Kier alpha value is -2.47. The maximum Gasteiger partial charge on any atom is 0.251 e. The Morgan fingerprint density at radius 3 is 2.61 bits per heavy atom. The van der Waals surface area contributed by atoms with Crippen molar-refractivity contribution in [3.63, 3.8) is 0 Å². The Kier molecular flexibility index (Phi) is 6.05. The van der Waals surface area contributed by atoms with E-state index < -0.39 is 0 Å². The molecule has 0 fully saturated rings. The second-order valence-electron chi connectivity index (χ2n) is 5.62. The molecule has 2 rings (SSSR count). The molecule has 0 saturated heterocycles. The number of aromatic nitrogens is 2. The van der Waals surface area contributed by atoms with E-state index >= 15 is 0 Å². The Bertz CT molecular complexity index is 641. The maximum atomic E-state index is 11.8. The van der Waals surface area contributed by atoms with E-state index in [0.29, 0.717) is 11.5 Å². The van der Waals surface area contributed by atoms with Gasteiger partial charge in [-0.15, -0.1) is 0 Å². The molecule has 122 valence electrons. The number of carbonyl (C=O) groups excluding carboxylic acids is 1. The summed E-state index contributed by atoms with van der Waals surface area (Å²) in [7, 11) is 0. The Balaban J connectivity index is 2.10. The molecule has 6 heteroatoms. The van der Waals surface area contributed by atoms with E-state index in [1.165, 1.54) is 6.33 Å². The smallest absolute Gasteiger partial charge is 0.251 e. The number of nitrogens with zero attached hydrogens (tertiary/aromatic N) is 2. The van der Waals surface area contributed by atoms with E-state index in [-0.39, 0.29) is 19.1 Å². The number of rotatable bonds is 7. The van der Waals surface area contributed by atoms with E-state index in [9.17, 15) is 4.79 Å². The van der Waals surface area contributed by atoms with E-state index in [1.54, 1.807) is 12.1 Å². The zero-order valence-electron chi connectivity index (χ0n) is 13.4. The highest BCUT2D eigenvalue weighted by Gasteiger charge is 2.07. The molecule has 0 aliphatic carbocycles. The molecule has 0 radical (unpaired) electrons. The van der Waals surface area contributed by atoms with Crippen LogP contribution in [0.3, 0.4) is 0 Å². The first-order valence-electron chi connectivity index (χ1n) is 7.65. The van der Waals surface area contributed by atoms with E-state index in [1.807, 2.05) is 18.2 Å². The molecule has 0 unspecified atom stereocenters. The molecule has 1 aromatic carbocycles. The van der Waals surface area contributed by atoms with Crippen LogP contribution in [0.1, 0.15) is 24.2 Å². The van der Waals surface area contributed by atoms with Crippen LogP contribution < -0.4 is 10.6 Å². The van der Waals surface area contributed by atoms with Crippen LogP contribution in [-0.2, 0) is 0 Å². The number of hydrogen-bond donors (Lipinski definition) is 3. The van der Waals surface area contributed by atoms with Crippen LogP contribution in [0, 0.1) is 5.92 Å². The number of amides is 1. The fourth-order valence-corrected chi connectivity index (χ4v) is 1.98. The predicted octanol–water partition coefficient (Wildman–Crippen LogP) is 1.93. The molecule has 6 nitrogen and oxygen atoms in total. The standard InChI is InChI=1S/C17H22N4O2/c1-12(2)10-19-16-9-15(20-11-21-16)13-3-5-14(6-4-13)17(23)18-7-8-22/h3-6,9,11-12,22H,7-8,10H2,1-2H3,(H,18,23)(H,19,20,21). The second kappa shape index (κ2) is 8.24. The van der Waals surface area contributed by atoms with E-state index in [2.05, 4.69) is 34.4 Å². The fraction of sp³-hybridized carbons (Fsp3) is 0.353. The lowest BCUT2D eigenvalue weighted by molar-refractivity contribution is 0.0945. The van der Waals surface area contributed by atoms with Crippen molar-refractivity contribution in [2.45, 2.75) is 13.8 Å². The summed E-state index contributed by atoms with van der Waals surface area (Å²) in [6, 6.07) is 9.07. The molecule has 1 heterocycles. The van der Waals surface area contributed by atoms with Crippen molar-refractivity contribution in [2.24, 2.45) is 5.92 Å². The number of nitrogens with one attached hydrogen (secondary N) is 2. The van der Waals surface area contributed by atoms with Crippen molar-refractivity contribution >= 4 is 11.7 Å². The van der Waals surface area contributed by atoms with Crippen LogP contribution in [0.4, 0.5) is 5.82 Å². The zero-order chi connectivity index (χ0) is 16.7. The minimum Gasteiger partial charge on any atom is -0.395 e. The Labute approximate surface area is 136 Å². The summed E-state index contributed by atoms with van der Waals surface area (Å²) in [5, 5.41) is 14.6. The third-order valence-electron chi connectivity index (χ3n) is 3.20. The summed E-state index contributed by atoms with van der Waals surface area (Å²) in [6.45, 7) is 5.29. The first kappa shape index (κ1) is 16.9. The second-order valence-corrected chi connectivity index (χ2v) is 5.62. The van der Waals surface area contributed by atoms with Gasteiger partial charge >= 0.3 is 0 Å². The van der Waals surface area contributed by atoms with Crippen molar-refractivity contribution in [1.29, 1.82) is 0 Å². The Morgan fingerprint density at radius 2 is 1.96 bits per heavy atom. The highest BCUT2D eigenvalue weighted by molar-refractivity contribution is 5.94. The summed E-state index contributed by atoms with van der Waals surface area (Å²) in [4.78, 5) is 20.3. The topological polar surface area (TPSA) is 87.1 Å². The lowest BCUT2D eigenvalue weighted by atomic mass is 10.1. The molecule has 1 amide bonds.